The minimum Gasteiger partial charge on any atom is -0.481 e. The molecule has 1 aromatic carbocycles. The molecule has 0 aliphatic rings. The fraction of sp³-hybridized carbons (Fsp3) is 0.231. The fourth-order valence-corrected chi connectivity index (χ4v) is 1.37. The molecular formula is C13H14FN3O5. The Morgan fingerprint density at radius 2 is 1.64 bits per heavy atom. The number of aliphatic carboxylic acids is 1. The van der Waals surface area contributed by atoms with Crippen LogP contribution in [-0.2, 0) is 14.4 Å². The van der Waals surface area contributed by atoms with Crippen LogP contribution in [0.2, 0.25) is 0 Å². The third kappa shape index (κ3) is 5.99. The van der Waals surface area contributed by atoms with Crippen LogP contribution in [-0.4, -0.2) is 35.3 Å². The number of carboxylic acids is 1. The summed E-state index contributed by atoms with van der Waals surface area (Å²) in [4.78, 5) is 44.3. The van der Waals surface area contributed by atoms with Crippen LogP contribution in [0.1, 0.15) is 23.2 Å². The van der Waals surface area contributed by atoms with E-state index in [1.165, 1.54) is 18.2 Å². The van der Waals surface area contributed by atoms with Crippen molar-refractivity contribution in [2.24, 2.45) is 0 Å². The third-order valence-electron chi connectivity index (χ3n) is 2.44. The number of nitrogens with one attached hydrogen (secondary N) is 3. The number of rotatable bonds is 6. The van der Waals surface area contributed by atoms with Gasteiger partial charge in [-0.2, -0.15) is 0 Å². The molecule has 0 aliphatic heterocycles. The zero-order valence-electron chi connectivity index (χ0n) is 11.4. The summed E-state index contributed by atoms with van der Waals surface area (Å²) in [5.41, 5.74) is 3.77. The molecule has 22 heavy (non-hydrogen) atoms. The molecule has 1 aromatic rings. The van der Waals surface area contributed by atoms with Gasteiger partial charge in [-0.3, -0.25) is 30.0 Å². The lowest BCUT2D eigenvalue weighted by molar-refractivity contribution is -0.139. The van der Waals surface area contributed by atoms with Gasteiger partial charge in [-0.25, -0.2) is 4.39 Å². The molecule has 0 heterocycles. The molecule has 0 spiro atoms. The monoisotopic (exact) mass is 311 g/mol. The van der Waals surface area contributed by atoms with Gasteiger partial charge >= 0.3 is 5.97 Å². The van der Waals surface area contributed by atoms with E-state index in [2.05, 4.69) is 5.32 Å². The molecule has 1 rings (SSSR count). The van der Waals surface area contributed by atoms with Crippen molar-refractivity contribution in [3.05, 3.63) is 35.6 Å². The number of carbonyl (C=O) groups excluding carboxylic acids is 3. The predicted molar refractivity (Wildman–Crippen MR) is 71.9 cm³/mol. The Balaban J connectivity index is 2.31. The number of hydrogen-bond acceptors (Lipinski definition) is 4. The summed E-state index contributed by atoms with van der Waals surface area (Å²) in [6.07, 6.45) is -0.664. The van der Waals surface area contributed by atoms with Crippen LogP contribution in [0, 0.1) is 5.82 Å². The maximum absolute atomic E-state index is 13.3. The smallest absolute Gasteiger partial charge is 0.303 e. The summed E-state index contributed by atoms with van der Waals surface area (Å²) in [5.74, 6) is -4.06. The summed E-state index contributed by atoms with van der Waals surface area (Å²) in [6.45, 7) is -0.480. The van der Waals surface area contributed by atoms with Crippen LogP contribution >= 0.6 is 0 Å². The first-order valence-electron chi connectivity index (χ1n) is 6.22. The van der Waals surface area contributed by atoms with Gasteiger partial charge in [0, 0.05) is 6.42 Å². The van der Waals surface area contributed by atoms with Crippen LogP contribution in [0.4, 0.5) is 4.39 Å². The number of amides is 3. The molecular weight excluding hydrogens is 297 g/mol. The molecule has 0 aliphatic carbocycles. The second-order valence-electron chi connectivity index (χ2n) is 4.15. The van der Waals surface area contributed by atoms with Crippen LogP contribution in [0.5, 0.6) is 0 Å². The number of halogens is 1. The zero-order chi connectivity index (χ0) is 16.5. The van der Waals surface area contributed by atoms with E-state index in [4.69, 9.17) is 5.11 Å². The predicted octanol–water partition coefficient (Wildman–Crippen LogP) is -0.432. The van der Waals surface area contributed by atoms with Crippen LogP contribution in [0.25, 0.3) is 0 Å². The number of hydrazine groups is 1. The van der Waals surface area contributed by atoms with Gasteiger partial charge < -0.3 is 10.4 Å². The summed E-state index contributed by atoms with van der Waals surface area (Å²) in [7, 11) is 0. The maximum Gasteiger partial charge on any atom is 0.303 e. The summed E-state index contributed by atoms with van der Waals surface area (Å²) >= 11 is 0. The highest BCUT2D eigenvalue weighted by molar-refractivity contribution is 5.96. The molecule has 0 atom stereocenters. The van der Waals surface area contributed by atoms with E-state index < -0.39 is 36.1 Å². The fourth-order valence-electron chi connectivity index (χ4n) is 1.37. The van der Waals surface area contributed by atoms with E-state index in [1.54, 1.807) is 0 Å². The van der Waals surface area contributed by atoms with E-state index in [1.807, 2.05) is 10.9 Å². The average molecular weight is 311 g/mol. The first-order valence-corrected chi connectivity index (χ1v) is 6.22. The maximum atomic E-state index is 13.3. The Bertz CT molecular complexity index is 591. The van der Waals surface area contributed by atoms with Crippen LogP contribution in [0.15, 0.2) is 24.3 Å². The van der Waals surface area contributed by atoms with Gasteiger partial charge in [-0.15, -0.1) is 0 Å². The Morgan fingerprint density at radius 3 is 2.27 bits per heavy atom. The summed E-state index contributed by atoms with van der Waals surface area (Å²) in [5, 5.41) is 10.5. The lowest BCUT2D eigenvalue weighted by Gasteiger charge is -2.08. The Kier molecular flexibility index (Phi) is 6.48. The molecule has 0 radical (unpaired) electrons. The minimum absolute atomic E-state index is 0.208. The number of hydrogen-bond donors (Lipinski definition) is 4. The molecule has 3 amide bonds. The molecule has 0 fully saturated rings. The highest BCUT2D eigenvalue weighted by Crippen LogP contribution is 2.05. The van der Waals surface area contributed by atoms with Crippen molar-refractivity contribution in [3.63, 3.8) is 0 Å². The van der Waals surface area contributed by atoms with Gasteiger partial charge in [-0.05, 0) is 12.1 Å². The van der Waals surface area contributed by atoms with E-state index in [-0.39, 0.29) is 18.4 Å². The molecule has 4 N–H and O–H groups in total. The first-order chi connectivity index (χ1) is 10.4. The van der Waals surface area contributed by atoms with Crippen molar-refractivity contribution >= 4 is 23.7 Å². The number of carbonyl (C=O) groups is 4. The molecule has 8 nitrogen and oxygen atoms in total. The van der Waals surface area contributed by atoms with Crippen molar-refractivity contribution < 1.29 is 28.7 Å². The lowest BCUT2D eigenvalue weighted by atomic mass is 10.2. The second-order valence-corrected chi connectivity index (χ2v) is 4.15. The Labute approximate surface area is 124 Å². The lowest BCUT2D eigenvalue weighted by Crippen LogP contribution is -2.46. The molecule has 0 saturated carbocycles. The highest BCUT2D eigenvalue weighted by Gasteiger charge is 2.12. The Morgan fingerprint density at radius 1 is 1.00 bits per heavy atom. The molecule has 0 saturated heterocycles. The highest BCUT2D eigenvalue weighted by atomic mass is 19.1. The number of benzene rings is 1. The van der Waals surface area contributed by atoms with E-state index in [9.17, 15) is 23.6 Å². The van der Waals surface area contributed by atoms with Crippen molar-refractivity contribution in [2.75, 3.05) is 6.54 Å². The summed E-state index contributed by atoms with van der Waals surface area (Å²) < 4.78 is 13.3. The van der Waals surface area contributed by atoms with Gasteiger partial charge in [0.05, 0.1) is 18.5 Å². The zero-order valence-corrected chi connectivity index (χ0v) is 11.4. The molecule has 0 aromatic heterocycles. The van der Waals surface area contributed by atoms with Crippen LogP contribution < -0.4 is 16.2 Å². The molecule has 9 heteroatoms. The van der Waals surface area contributed by atoms with Gasteiger partial charge in [0.2, 0.25) is 5.91 Å². The SMILES string of the molecule is O=C(O)CCC(=O)NNC(=O)CNC(=O)c1ccccc1F. The van der Waals surface area contributed by atoms with Crippen LogP contribution in [0.3, 0.4) is 0 Å². The van der Waals surface area contributed by atoms with Gasteiger partial charge in [-0.1, -0.05) is 12.1 Å². The van der Waals surface area contributed by atoms with E-state index in [0.29, 0.717) is 0 Å². The van der Waals surface area contributed by atoms with Crippen molar-refractivity contribution in [1.82, 2.24) is 16.2 Å². The molecule has 0 unspecified atom stereocenters. The van der Waals surface area contributed by atoms with Gasteiger partial charge in [0.1, 0.15) is 5.82 Å². The standard InChI is InChI=1S/C13H14FN3O5/c14-9-4-2-1-3-8(9)13(22)15-7-11(19)17-16-10(18)5-6-12(20)21/h1-4H,5-7H2,(H,15,22)(H,16,18)(H,17,19)(H,20,21). The average Bonchev–Trinajstić information content (AvgIpc) is 2.48. The molecule has 0 bridgehead atoms. The minimum atomic E-state index is -1.14. The third-order valence-corrected chi connectivity index (χ3v) is 2.44. The van der Waals surface area contributed by atoms with E-state index >= 15 is 0 Å². The van der Waals surface area contributed by atoms with Crippen molar-refractivity contribution in [1.29, 1.82) is 0 Å². The van der Waals surface area contributed by atoms with Crippen molar-refractivity contribution in [3.8, 4) is 0 Å². The van der Waals surface area contributed by atoms with Gasteiger partial charge in [0.25, 0.3) is 11.8 Å². The summed E-state index contributed by atoms with van der Waals surface area (Å²) in [6, 6.07) is 5.26. The normalized spacial score (nSPS) is 9.68. The first kappa shape index (κ1) is 17.1. The Hall–Kier alpha value is -2.97. The topological polar surface area (TPSA) is 125 Å². The van der Waals surface area contributed by atoms with Gasteiger partial charge in [0.15, 0.2) is 0 Å². The quantitative estimate of drug-likeness (QED) is 0.531. The van der Waals surface area contributed by atoms with E-state index in [0.717, 1.165) is 6.07 Å². The largest absolute Gasteiger partial charge is 0.481 e. The number of carboxylic acid groups (broad SMARTS) is 1. The van der Waals surface area contributed by atoms with Crippen molar-refractivity contribution in [2.45, 2.75) is 12.8 Å². The molecule has 118 valence electrons. The second kappa shape index (κ2) is 8.35.